The van der Waals surface area contributed by atoms with Crippen molar-refractivity contribution >= 4 is 16.9 Å². The number of hydrogen-bond acceptors (Lipinski definition) is 3. The number of nitrogens with zero attached hydrogens (tertiary/aromatic N) is 2. The molecule has 1 aromatic heterocycles. The van der Waals surface area contributed by atoms with Gasteiger partial charge in [-0.05, 0) is 49.1 Å². The molecular weight excluding hydrogens is 354 g/mol. The van der Waals surface area contributed by atoms with Gasteiger partial charge in [-0.15, -0.1) is 0 Å². The van der Waals surface area contributed by atoms with E-state index >= 15 is 0 Å². The summed E-state index contributed by atoms with van der Waals surface area (Å²) in [5, 5.41) is 0. The van der Waals surface area contributed by atoms with Crippen molar-refractivity contribution in [1.29, 1.82) is 0 Å². The molecule has 0 radical (unpaired) electrons. The van der Waals surface area contributed by atoms with Crippen LogP contribution in [-0.2, 0) is 11.2 Å². The molecule has 4 rings (SSSR count). The van der Waals surface area contributed by atoms with Crippen LogP contribution in [0, 0.1) is 0 Å². The van der Waals surface area contributed by atoms with Crippen molar-refractivity contribution in [3.05, 3.63) is 64.6 Å². The molecule has 6 heteroatoms. The molecule has 6 nitrogen and oxygen atoms in total. The summed E-state index contributed by atoms with van der Waals surface area (Å²) < 4.78 is 7.02. The van der Waals surface area contributed by atoms with E-state index in [1.807, 2.05) is 58.0 Å². The van der Waals surface area contributed by atoms with Crippen LogP contribution >= 0.6 is 0 Å². The minimum atomic E-state index is -0.0644. The molecule has 1 N–H and O–H groups in total. The Morgan fingerprint density at radius 1 is 1.11 bits per heavy atom. The number of fused-ring (bicyclic) bond motifs is 1. The summed E-state index contributed by atoms with van der Waals surface area (Å²) >= 11 is 0. The topological polar surface area (TPSA) is 67.3 Å². The van der Waals surface area contributed by atoms with Gasteiger partial charge in [-0.25, -0.2) is 4.79 Å². The lowest BCUT2D eigenvalue weighted by atomic mass is 10.0. The number of benzene rings is 2. The van der Waals surface area contributed by atoms with Crippen LogP contribution in [0.5, 0.6) is 5.75 Å². The number of ether oxygens (including phenoxy) is 1. The number of aryl methyl sites for hydroxylation is 1. The predicted molar refractivity (Wildman–Crippen MR) is 109 cm³/mol. The van der Waals surface area contributed by atoms with Gasteiger partial charge < -0.3 is 14.6 Å². The molecule has 0 aliphatic carbocycles. The van der Waals surface area contributed by atoms with E-state index in [0.29, 0.717) is 19.5 Å². The lowest BCUT2D eigenvalue weighted by Crippen LogP contribution is -2.40. The number of likely N-dealkylation sites (tertiary alicyclic amines) is 1. The maximum Gasteiger partial charge on any atom is 0.326 e. The summed E-state index contributed by atoms with van der Waals surface area (Å²) in [4.78, 5) is 29.8. The first kappa shape index (κ1) is 18.3. The average molecular weight is 379 g/mol. The third-order valence-electron chi connectivity index (χ3n) is 5.59. The van der Waals surface area contributed by atoms with Crippen molar-refractivity contribution in [3.63, 3.8) is 0 Å². The molecule has 0 atom stereocenters. The number of hydrogen-bond donors (Lipinski definition) is 1. The SMILES string of the molecule is COc1ccc(CCC(=O)N2CCC(n3c(=O)[nH]c4ccccc43)CC2)cc1. The second-order valence-corrected chi connectivity index (χ2v) is 7.28. The third-order valence-corrected chi connectivity index (χ3v) is 5.59. The second-order valence-electron chi connectivity index (χ2n) is 7.28. The van der Waals surface area contributed by atoms with Gasteiger partial charge in [0.25, 0.3) is 0 Å². The van der Waals surface area contributed by atoms with E-state index in [0.717, 1.165) is 41.6 Å². The molecule has 1 aliphatic heterocycles. The van der Waals surface area contributed by atoms with Crippen molar-refractivity contribution in [2.75, 3.05) is 20.2 Å². The van der Waals surface area contributed by atoms with E-state index in [4.69, 9.17) is 4.74 Å². The smallest absolute Gasteiger partial charge is 0.326 e. The van der Waals surface area contributed by atoms with Gasteiger partial charge in [0.05, 0.1) is 18.1 Å². The minimum Gasteiger partial charge on any atom is -0.497 e. The van der Waals surface area contributed by atoms with E-state index in [-0.39, 0.29) is 17.6 Å². The Balaban J connectivity index is 1.35. The Morgan fingerprint density at radius 2 is 1.82 bits per heavy atom. The fraction of sp³-hybridized carbons (Fsp3) is 0.364. The Kier molecular flexibility index (Phi) is 5.19. The zero-order valence-electron chi connectivity index (χ0n) is 16.1. The molecule has 3 aromatic rings. The molecule has 0 bridgehead atoms. The van der Waals surface area contributed by atoms with Gasteiger partial charge >= 0.3 is 5.69 Å². The van der Waals surface area contributed by atoms with Crippen LogP contribution in [0.25, 0.3) is 11.0 Å². The highest BCUT2D eigenvalue weighted by molar-refractivity contribution is 5.77. The first-order valence-corrected chi connectivity index (χ1v) is 9.75. The number of rotatable bonds is 5. The number of amides is 1. The Bertz CT molecular complexity index is 1010. The lowest BCUT2D eigenvalue weighted by Gasteiger charge is -2.32. The fourth-order valence-corrected chi connectivity index (χ4v) is 4.01. The van der Waals surface area contributed by atoms with E-state index in [9.17, 15) is 9.59 Å². The summed E-state index contributed by atoms with van der Waals surface area (Å²) in [6.07, 6.45) is 2.83. The quantitative estimate of drug-likeness (QED) is 0.741. The van der Waals surface area contributed by atoms with Gasteiger partial charge in [0.1, 0.15) is 5.75 Å². The normalized spacial score (nSPS) is 15.1. The van der Waals surface area contributed by atoms with Crippen molar-refractivity contribution in [3.8, 4) is 5.75 Å². The third kappa shape index (κ3) is 3.67. The molecule has 0 saturated carbocycles. The van der Waals surface area contributed by atoms with Crippen molar-refractivity contribution in [2.45, 2.75) is 31.7 Å². The molecular formula is C22H25N3O3. The van der Waals surface area contributed by atoms with Crippen LogP contribution in [0.2, 0.25) is 0 Å². The number of H-pyrrole nitrogens is 1. The van der Waals surface area contributed by atoms with Gasteiger partial charge in [0, 0.05) is 25.6 Å². The summed E-state index contributed by atoms with van der Waals surface area (Å²) in [7, 11) is 1.65. The number of piperidine rings is 1. The molecule has 1 fully saturated rings. The predicted octanol–water partition coefficient (Wildman–Crippen LogP) is 3.13. The van der Waals surface area contributed by atoms with E-state index in [2.05, 4.69) is 4.98 Å². The second kappa shape index (κ2) is 7.92. The van der Waals surface area contributed by atoms with Crippen LogP contribution in [0.4, 0.5) is 0 Å². The van der Waals surface area contributed by atoms with Crippen LogP contribution in [-0.4, -0.2) is 40.6 Å². The zero-order valence-corrected chi connectivity index (χ0v) is 16.1. The number of aromatic nitrogens is 2. The van der Waals surface area contributed by atoms with Crippen LogP contribution in [0.1, 0.15) is 30.9 Å². The molecule has 1 aliphatic rings. The zero-order chi connectivity index (χ0) is 19.5. The molecule has 2 heterocycles. The lowest BCUT2D eigenvalue weighted by molar-refractivity contribution is -0.132. The molecule has 2 aromatic carbocycles. The first-order chi connectivity index (χ1) is 13.7. The Labute approximate surface area is 163 Å². The molecule has 1 saturated heterocycles. The fourth-order valence-electron chi connectivity index (χ4n) is 4.01. The van der Waals surface area contributed by atoms with Gasteiger partial charge in [0.2, 0.25) is 5.91 Å². The highest BCUT2D eigenvalue weighted by Crippen LogP contribution is 2.25. The van der Waals surface area contributed by atoms with Crippen molar-refractivity contribution in [2.24, 2.45) is 0 Å². The molecule has 1 amide bonds. The van der Waals surface area contributed by atoms with E-state index in [1.54, 1.807) is 7.11 Å². The number of carbonyl (C=O) groups is 1. The Hall–Kier alpha value is -3.02. The standard InChI is InChI=1S/C22H25N3O3/c1-28-18-9-6-16(7-10-18)8-11-21(26)24-14-12-17(13-15-24)25-20-5-3-2-4-19(20)23-22(25)27/h2-7,9-10,17H,8,11-15H2,1H3,(H,23,27). The summed E-state index contributed by atoms with van der Waals surface area (Å²) in [5.74, 6) is 1.00. The van der Waals surface area contributed by atoms with Gasteiger partial charge in [-0.2, -0.15) is 0 Å². The van der Waals surface area contributed by atoms with Gasteiger partial charge in [-0.1, -0.05) is 24.3 Å². The van der Waals surface area contributed by atoms with E-state index < -0.39 is 0 Å². The van der Waals surface area contributed by atoms with Gasteiger partial charge in [-0.3, -0.25) is 9.36 Å². The number of carbonyl (C=O) groups excluding carboxylic acids is 1. The molecule has 146 valence electrons. The van der Waals surface area contributed by atoms with Crippen LogP contribution in [0.15, 0.2) is 53.3 Å². The minimum absolute atomic E-state index is 0.0644. The summed E-state index contributed by atoms with van der Waals surface area (Å²) in [6, 6.07) is 15.7. The maximum absolute atomic E-state index is 12.6. The Morgan fingerprint density at radius 3 is 2.54 bits per heavy atom. The van der Waals surface area contributed by atoms with E-state index in [1.165, 1.54) is 0 Å². The molecule has 28 heavy (non-hydrogen) atoms. The highest BCUT2D eigenvalue weighted by atomic mass is 16.5. The summed E-state index contributed by atoms with van der Waals surface area (Å²) in [6.45, 7) is 1.39. The highest BCUT2D eigenvalue weighted by Gasteiger charge is 2.25. The average Bonchev–Trinajstić information content (AvgIpc) is 3.08. The van der Waals surface area contributed by atoms with Gasteiger partial charge in [0.15, 0.2) is 0 Å². The van der Waals surface area contributed by atoms with Crippen LogP contribution in [0.3, 0.4) is 0 Å². The number of methoxy groups -OCH3 is 1. The monoisotopic (exact) mass is 379 g/mol. The summed E-state index contributed by atoms with van der Waals surface area (Å²) in [5.41, 5.74) is 2.88. The number of para-hydroxylation sites is 2. The number of imidazole rings is 1. The number of aromatic amines is 1. The molecule has 0 spiro atoms. The van der Waals surface area contributed by atoms with Crippen LogP contribution < -0.4 is 10.4 Å². The largest absolute Gasteiger partial charge is 0.497 e. The first-order valence-electron chi connectivity index (χ1n) is 9.75. The van der Waals surface area contributed by atoms with Crippen molar-refractivity contribution in [1.82, 2.24) is 14.5 Å². The number of nitrogens with one attached hydrogen (secondary N) is 1. The molecule has 0 unspecified atom stereocenters. The maximum atomic E-state index is 12.6. The van der Waals surface area contributed by atoms with Crippen molar-refractivity contribution < 1.29 is 9.53 Å².